The molecule has 4 rings (SSSR count). The Morgan fingerprint density at radius 1 is 1.00 bits per heavy atom. The number of aromatic nitrogens is 3. The highest BCUT2D eigenvalue weighted by atomic mass is 35.5. The SMILES string of the molecule is CCc1ncnc(N[C@H]2CC[C@@H](c3ccc(Oc4ccc(C(F)(F)F)cn4)cc3)CC2)c1Cl. The predicted octanol–water partition coefficient (Wildman–Crippen LogP) is 7.04. The van der Waals surface area contributed by atoms with E-state index in [0.717, 1.165) is 50.1 Å². The molecule has 0 radical (unpaired) electrons. The molecule has 0 aliphatic heterocycles. The zero-order chi connectivity index (χ0) is 23.4. The molecule has 1 aliphatic rings. The number of pyridine rings is 1. The minimum atomic E-state index is -4.42. The van der Waals surface area contributed by atoms with Gasteiger partial charge in [-0.2, -0.15) is 13.2 Å². The molecule has 0 spiro atoms. The Kier molecular flexibility index (Phi) is 7.02. The topological polar surface area (TPSA) is 59.9 Å². The highest BCUT2D eigenvalue weighted by Gasteiger charge is 2.30. The molecule has 33 heavy (non-hydrogen) atoms. The Labute approximate surface area is 195 Å². The summed E-state index contributed by atoms with van der Waals surface area (Å²) in [6.45, 7) is 2.01. The average molecular weight is 477 g/mol. The number of halogens is 4. The molecule has 1 saturated carbocycles. The van der Waals surface area contributed by atoms with Crippen molar-refractivity contribution in [1.82, 2.24) is 15.0 Å². The Hall–Kier alpha value is -2.87. The van der Waals surface area contributed by atoms with Crippen LogP contribution < -0.4 is 10.1 Å². The molecule has 0 saturated heterocycles. The third-order valence-electron chi connectivity index (χ3n) is 5.90. The molecular formula is C24H24ClF3N4O. The first kappa shape index (κ1) is 23.3. The van der Waals surface area contributed by atoms with Crippen LogP contribution in [0, 0.1) is 0 Å². The van der Waals surface area contributed by atoms with E-state index in [1.165, 1.54) is 11.6 Å². The van der Waals surface area contributed by atoms with Crippen LogP contribution in [-0.4, -0.2) is 21.0 Å². The quantitative estimate of drug-likeness (QED) is 0.413. The number of nitrogens with zero attached hydrogens (tertiary/aromatic N) is 3. The summed E-state index contributed by atoms with van der Waals surface area (Å²) in [5.41, 5.74) is 1.26. The molecule has 0 amide bonds. The first-order valence-electron chi connectivity index (χ1n) is 10.9. The van der Waals surface area contributed by atoms with Gasteiger partial charge in [0.2, 0.25) is 5.88 Å². The molecule has 2 heterocycles. The Morgan fingerprint density at radius 3 is 2.33 bits per heavy atom. The summed E-state index contributed by atoms with van der Waals surface area (Å²) in [6.07, 6.45) is 2.72. The minimum Gasteiger partial charge on any atom is -0.439 e. The highest BCUT2D eigenvalue weighted by Crippen LogP contribution is 2.36. The Balaban J connectivity index is 1.31. The van der Waals surface area contributed by atoms with Crippen LogP contribution in [0.5, 0.6) is 11.6 Å². The van der Waals surface area contributed by atoms with E-state index in [2.05, 4.69) is 20.3 Å². The number of rotatable bonds is 6. The summed E-state index contributed by atoms with van der Waals surface area (Å²) < 4.78 is 43.5. The second-order valence-electron chi connectivity index (χ2n) is 8.08. The van der Waals surface area contributed by atoms with Crippen molar-refractivity contribution in [3.63, 3.8) is 0 Å². The lowest BCUT2D eigenvalue weighted by Gasteiger charge is -2.30. The van der Waals surface area contributed by atoms with E-state index in [9.17, 15) is 13.2 Å². The lowest BCUT2D eigenvalue weighted by atomic mass is 9.82. The molecule has 5 nitrogen and oxygen atoms in total. The minimum absolute atomic E-state index is 0.122. The molecule has 1 aliphatic carbocycles. The summed E-state index contributed by atoms with van der Waals surface area (Å²) >= 11 is 6.40. The van der Waals surface area contributed by atoms with Gasteiger partial charge in [0, 0.05) is 18.3 Å². The molecule has 9 heteroatoms. The molecule has 1 aromatic carbocycles. The average Bonchev–Trinajstić information content (AvgIpc) is 2.81. The number of anilines is 1. The van der Waals surface area contributed by atoms with Crippen LogP contribution in [0.25, 0.3) is 0 Å². The molecule has 0 bridgehead atoms. The maximum atomic E-state index is 12.7. The van der Waals surface area contributed by atoms with Gasteiger partial charge in [0.25, 0.3) is 0 Å². The number of benzene rings is 1. The van der Waals surface area contributed by atoms with Gasteiger partial charge in [-0.05, 0) is 61.8 Å². The van der Waals surface area contributed by atoms with Gasteiger partial charge in [-0.25, -0.2) is 15.0 Å². The van der Waals surface area contributed by atoms with Crippen molar-refractivity contribution in [3.8, 4) is 11.6 Å². The molecular weight excluding hydrogens is 453 g/mol. The lowest BCUT2D eigenvalue weighted by Crippen LogP contribution is -2.26. The standard InChI is InChI=1S/C24H24ClF3N4O/c1-2-20-22(25)23(31-14-30-20)32-18-8-3-15(4-9-18)16-5-10-19(11-6-16)33-21-12-7-17(13-29-21)24(26,27)28/h5-7,10-15,18H,2-4,8-9H2,1H3,(H,30,31,32)/t15-,18+. The summed E-state index contributed by atoms with van der Waals surface area (Å²) in [5, 5.41) is 4.06. The fraction of sp³-hybridized carbons (Fsp3) is 0.375. The van der Waals surface area contributed by atoms with Gasteiger partial charge in [-0.3, -0.25) is 0 Å². The van der Waals surface area contributed by atoms with E-state index < -0.39 is 11.7 Å². The molecule has 3 aromatic rings. The Morgan fingerprint density at radius 2 is 1.73 bits per heavy atom. The van der Waals surface area contributed by atoms with Crippen molar-refractivity contribution >= 4 is 17.4 Å². The van der Waals surface area contributed by atoms with Gasteiger partial charge >= 0.3 is 6.18 Å². The predicted molar refractivity (Wildman–Crippen MR) is 121 cm³/mol. The molecule has 1 N–H and O–H groups in total. The van der Waals surface area contributed by atoms with Crippen LogP contribution in [0.1, 0.15) is 55.3 Å². The van der Waals surface area contributed by atoms with E-state index in [1.54, 1.807) is 6.33 Å². The normalized spacial score (nSPS) is 18.7. The summed E-state index contributed by atoms with van der Waals surface area (Å²) in [6, 6.07) is 10.2. The first-order chi connectivity index (χ1) is 15.8. The summed E-state index contributed by atoms with van der Waals surface area (Å²) in [4.78, 5) is 12.2. The van der Waals surface area contributed by atoms with Crippen LogP contribution in [-0.2, 0) is 12.6 Å². The first-order valence-corrected chi connectivity index (χ1v) is 11.3. The number of ether oxygens (including phenoxy) is 1. The van der Waals surface area contributed by atoms with E-state index in [-0.39, 0.29) is 5.88 Å². The van der Waals surface area contributed by atoms with Crippen molar-refractivity contribution in [2.75, 3.05) is 5.32 Å². The van der Waals surface area contributed by atoms with Gasteiger partial charge in [-0.15, -0.1) is 0 Å². The Bertz CT molecular complexity index is 1070. The maximum Gasteiger partial charge on any atom is 0.417 e. The monoisotopic (exact) mass is 476 g/mol. The van der Waals surface area contributed by atoms with Crippen LogP contribution in [0.2, 0.25) is 5.02 Å². The lowest BCUT2D eigenvalue weighted by molar-refractivity contribution is -0.137. The van der Waals surface area contributed by atoms with Gasteiger partial charge in [-0.1, -0.05) is 30.7 Å². The zero-order valence-electron chi connectivity index (χ0n) is 18.1. The molecule has 1 fully saturated rings. The smallest absolute Gasteiger partial charge is 0.417 e. The fourth-order valence-corrected chi connectivity index (χ4v) is 4.34. The van der Waals surface area contributed by atoms with Gasteiger partial charge in [0.1, 0.15) is 22.9 Å². The summed E-state index contributed by atoms with van der Waals surface area (Å²) in [5.74, 6) is 1.79. The van der Waals surface area contributed by atoms with Crippen molar-refractivity contribution < 1.29 is 17.9 Å². The van der Waals surface area contributed by atoms with Crippen molar-refractivity contribution in [2.45, 2.75) is 57.2 Å². The third-order valence-corrected chi connectivity index (χ3v) is 6.30. The van der Waals surface area contributed by atoms with Crippen molar-refractivity contribution in [1.29, 1.82) is 0 Å². The van der Waals surface area contributed by atoms with Crippen LogP contribution >= 0.6 is 11.6 Å². The van der Waals surface area contributed by atoms with Gasteiger partial charge in [0.05, 0.1) is 11.3 Å². The number of hydrogen-bond donors (Lipinski definition) is 1. The molecule has 174 valence electrons. The van der Waals surface area contributed by atoms with Crippen molar-refractivity contribution in [2.24, 2.45) is 0 Å². The van der Waals surface area contributed by atoms with E-state index >= 15 is 0 Å². The number of alkyl halides is 3. The summed E-state index contributed by atoms with van der Waals surface area (Å²) in [7, 11) is 0. The van der Waals surface area contributed by atoms with Gasteiger partial charge in [0.15, 0.2) is 0 Å². The van der Waals surface area contributed by atoms with Crippen LogP contribution in [0.4, 0.5) is 19.0 Å². The maximum absolute atomic E-state index is 12.7. The molecule has 0 unspecified atom stereocenters. The fourth-order valence-electron chi connectivity index (χ4n) is 4.06. The number of nitrogens with one attached hydrogen (secondary N) is 1. The molecule has 0 atom stereocenters. The zero-order valence-corrected chi connectivity index (χ0v) is 18.8. The highest BCUT2D eigenvalue weighted by molar-refractivity contribution is 6.33. The number of hydrogen-bond acceptors (Lipinski definition) is 5. The van der Waals surface area contributed by atoms with Gasteiger partial charge < -0.3 is 10.1 Å². The van der Waals surface area contributed by atoms with E-state index in [1.807, 2.05) is 31.2 Å². The van der Waals surface area contributed by atoms with Crippen molar-refractivity contribution in [3.05, 3.63) is 70.8 Å². The third kappa shape index (κ3) is 5.74. The molecule has 2 aromatic heterocycles. The second kappa shape index (κ2) is 9.95. The van der Waals surface area contributed by atoms with Crippen LogP contribution in [0.3, 0.4) is 0 Å². The second-order valence-corrected chi connectivity index (χ2v) is 8.46. The van der Waals surface area contributed by atoms with E-state index in [0.29, 0.717) is 28.5 Å². The van der Waals surface area contributed by atoms with E-state index in [4.69, 9.17) is 16.3 Å². The largest absolute Gasteiger partial charge is 0.439 e. The van der Waals surface area contributed by atoms with Crippen LogP contribution in [0.15, 0.2) is 48.9 Å². The number of aryl methyl sites for hydroxylation is 1.